The van der Waals surface area contributed by atoms with Gasteiger partial charge in [-0.15, -0.1) is 0 Å². The summed E-state index contributed by atoms with van der Waals surface area (Å²) in [5, 5.41) is 9.99. The largest absolute Gasteiger partial charge is 0.422 e. The summed E-state index contributed by atoms with van der Waals surface area (Å²) in [7, 11) is -3.74. The minimum absolute atomic E-state index is 0.00826. The second kappa shape index (κ2) is 6.50. The fraction of sp³-hybridized carbons (Fsp3) is 0.0588. The van der Waals surface area contributed by atoms with Gasteiger partial charge in [-0.1, -0.05) is 18.2 Å². The van der Waals surface area contributed by atoms with Crippen molar-refractivity contribution in [2.75, 3.05) is 5.43 Å². The smallest absolute Gasteiger partial charge is 0.345 e. The molecule has 1 aromatic heterocycles. The number of para-hydroxylation sites is 1. The lowest BCUT2D eigenvalue weighted by Gasteiger charge is -2.05. The maximum Gasteiger partial charge on any atom is 0.345 e. The van der Waals surface area contributed by atoms with Crippen LogP contribution in [0.5, 0.6) is 0 Å². The van der Waals surface area contributed by atoms with E-state index in [2.05, 4.69) is 10.5 Å². The molecule has 3 aromatic rings. The van der Waals surface area contributed by atoms with Crippen LogP contribution in [0.1, 0.15) is 12.5 Å². The van der Waals surface area contributed by atoms with Gasteiger partial charge in [0.25, 0.3) is 0 Å². The molecule has 0 fully saturated rings. The first-order valence-electron chi connectivity index (χ1n) is 7.31. The molecule has 3 N–H and O–H groups in total. The van der Waals surface area contributed by atoms with Crippen molar-refractivity contribution in [1.29, 1.82) is 0 Å². The zero-order valence-electron chi connectivity index (χ0n) is 13.3. The number of nitrogens with zero attached hydrogens (tertiary/aromatic N) is 1. The summed E-state index contributed by atoms with van der Waals surface area (Å²) in [6, 6.07) is 14.7. The fourth-order valence-electron chi connectivity index (χ4n) is 2.24. The lowest BCUT2D eigenvalue weighted by atomic mass is 10.1. The van der Waals surface area contributed by atoms with Crippen LogP contribution in [0, 0.1) is 0 Å². The van der Waals surface area contributed by atoms with Gasteiger partial charge in [-0.2, -0.15) is 5.10 Å². The number of anilines is 1. The van der Waals surface area contributed by atoms with Crippen LogP contribution in [0.3, 0.4) is 0 Å². The van der Waals surface area contributed by atoms with Crippen molar-refractivity contribution >= 4 is 32.4 Å². The van der Waals surface area contributed by atoms with Gasteiger partial charge in [0.1, 0.15) is 5.58 Å². The summed E-state index contributed by atoms with van der Waals surface area (Å²) < 4.78 is 27.7. The Balaban J connectivity index is 1.87. The van der Waals surface area contributed by atoms with Crippen LogP contribution in [-0.4, -0.2) is 14.1 Å². The molecule has 0 aliphatic carbocycles. The van der Waals surface area contributed by atoms with Crippen molar-refractivity contribution in [3.63, 3.8) is 0 Å². The molecule has 7 nitrogen and oxygen atoms in total. The Kier molecular flexibility index (Phi) is 4.39. The first-order chi connectivity index (χ1) is 11.8. The molecule has 3 rings (SSSR count). The van der Waals surface area contributed by atoms with Crippen molar-refractivity contribution in [3.8, 4) is 0 Å². The summed E-state index contributed by atoms with van der Waals surface area (Å²) in [6.07, 6.45) is 0. The maximum absolute atomic E-state index is 12.1. The van der Waals surface area contributed by atoms with Gasteiger partial charge in [0.15, 0.2) is 0 Å². The molecule has 0 bridgehead atoms. The van der Waals surface area contributed by atoms with E-state index in [1.165, 1.54) is 24.3 Å². The molecule has 0 aliphatic heterocycles. The summed E-state index contributed by atoms with van der Waals surface area (Å²) in [6.45, 7) is 1.67. The van der Waals surface area contributed by atoms with Crippen LogP contribution >= 0.6 is 0 Å². The Morgan fingerprint density at radius 3 is 2.48 bits per heavy atom. The van der Waals surface area contributed by atoms with Gasteiger partial charge in [-0.05, 0) is 43.3 Å². The van der Waals surface area contributed by atoms with E-state index in [1.54, 1.807) is 25.1 Å². The quantitative estimate of drug-likeness (QED) is 0.422. The number of primary sulfonamides is 1. The van der Waals surface area contributed by atoms with Crippen molar-refractivity contribution < 1.29 is 12.8 Å². The highest BCUT2D eigenvalue weighted by molar-refractivity contribution is 7.89. The Bertz CT molecular complexity index is 1120. The number of nitrogens with one attached hydrogen (secondary N) is 1. The van der Waals surface area contributed by atoms with E-state index in [0.717, 1.165) is 5.39 Å². The normalized spacial score (nSPS) is 12.3. The topological polar surface area (TPSA) is 115 Å². The molecule has 0 aliphatic rings. The van der Waals surface area contributed by atoms with Crippen LogP contribution in [0.4, 0.5) is 5.69 Å². The van der Waals surface area contributed by atoms with Gasteiger partial charge in [-0.25, -0.2) is 18.4 Å². The predicted octanol–water partition coefficient (Wildman–Crippen LogP) is 2.28. The van der Waals surface area contributed by atoms with Crippen LogP contribution in [0.2, 0.25) is 0 Å². The summed E-state index contributed by atoms with van der Waals surface area (Å²) in [4.78, 5) is 12.1. The molecular weight excluding hydrogens is 342 g/mol. The zero-order chi connectivity index (χ0) is 18.0. The van der Waals surface area contributed by atoms with Crippen LogP contribution in [0.25, 0.3) is 11.0 Å². The first-order valence-corrected chi connectivity index (χ1v) is 8.86. The second-order valence-corrected chi connectivity index (χ2v) is 6.93. The highest BCUT2D eigenvalue weighted by Gasteiger charge is 2.09. The standard InChI is InChI=1S/C17H15N3O4S/c1-11(15-10-12-4-2-3-5-16(12)24-17(15)21)19-20-13-6-8-14(9-7-13)25(18,22)23/h2-10,20H,1H3,(H2,18,22,23)/b19-11+. The SMILES string of the molecule is C/C(=N\Nc1ccc(S(N)(=O)=O)cc1)c1cc2ccccc2oc1=O. The highest BCUT2D eigenvalue weighted by atomic mass is 32.2. The number of hydrogen-bond donors (Lipinski definition) is 2. The molecule has 128 valence electrons. The predicted molar refractivity (Wildman–Crippen MR) is 96.1 cm³/mol. The molecule has 0 atom stereocenters. The van der Waals surface area contributed by atoms with E-state index < -0.39 is 15.6 Å². The minimum atomic E-state index is -3.74. The van der Waals surface area contributed by atoms with E-state index in [1.807, 2.05) is 12.1 Å². The number of hydrogen-bond acceptors (Lipinski definition) is 6. The molecule has 0 radical (unpaired) electrons. The molecule has 0 saturated heterocycles. The number of hydrazone groups is 1. The molecule has 0 unspecified atom stereocenters. The van der Waals surface area contributed by atoms with Crippen molar-refractivity contribution in [2.45, 2.75) is 11.8 Å². The zero-order valence-corrected chi connectivity index (χ0v) is 14.1. The van der Waals surface area contributed by atoms with E-state index in [-0.39, 0.29) is 4.90 Å². The first kappa shape index (κ1) is 16.9. The Morgan fingerprint density at radius 2 is 1.80 bits per heavy atom. The molecule has 25 heavy (non-hydrogen) atoms. The molecule has 0 spiro atoms. The lowest BCUT2D eigenvalue weighted by Crippen LogP contribution is -2.13. The monoisotopic (exact) mass is 357 g/mol. The fourth-order valence-corrected chi connectivity index (χ4v) is 2.76. The van der Waals surface area contributed by atoms with Gasteiger partial charge < -0.3 is 4.42 Å². The van der Waals surface area contributed by atoms with Crippen molar-refractivity contribution in [2.24, 2.45) is 10.2 Å². The maximum atomic E-state index is 12.1. The number of benzene rings is 2. The second-order valence-electron chi connectivity index (χ2n) is 5.36. The van der Waals surface area contributed by atoms with E-state index in [0.29, 0.717) is 22.5 Å². The minimum Gasteiger partial charge on any atom is -0.422 e. The van der Waals surface area contributed by atoms with Gasteiger partial charge >= 0.3 is 5.63 Å². The van der Waals surface area contributed by atoms with Crippen LogP contribution in [0.15, 0.2) is 73.8 Å². The third-order valence-corrected chi connectivity index (χ3v) is 4.50. The Hall–Kier alpha value is -2.97. The van der Waals surface area contributed by atoms with E-state index in [4.69, 9.17) is 9.56 Å². The van der Waals surface area contributed by atoms with Gasteiger partial charge in [-0.3, -0.25) is 5.43 Å². The van der Waals surface area contributed by atoms with E-state index >= 15 is 0 Å². The molecule has 8 heteroatoms. The number of nitrogens with two attached hydrogens (primary N) is 1. The van der Waals surface area contributed by atoms with Crippen molar-refractivity contribution in [3.05, 3.63) is 70.6 Å². The number of fused-ring (bicyclic) bond motifs is 1. The van der Waals surface area contributed by atoms with Crippen LogP contribution in [-0.2, 0) is 10.0 Å². The number of sulfonamides is 1. The number of rotatable bonds is 4. The highest BCUT2D eigenvalue weighted by Crippen LogP contribution is 2.15. The third kappa shape index (κ3) is 3.76. The molecule has 0 saturated carbocycles. The average Bonchev–Trinajstić information content (AvgIpc) is 2.58. The average molecular weight is 357 g/mol. The summed E-state index contributed by atoms with van der Waals surface area (Å²) >= 11 is 0. The molecule has 2 aromatic carbocycles. The molecule has 0 amide bonds. The van der Waals surface area contributed by atoms with E-state index in [9.17, 15) is 13.2 Å². The van der Waals surface area contributed by atoms with Crippen molar-refractivity contribution in [1.82, 2.24) is 0 Å². The third-order valence-electron chi connectivity index (χ3n) is 3.57. The summed E-state index contributed by atoms with van der Waals surface area (Å²) in [5.41, 5.74) is 4.13. The Morgan fingerprint density at radius 1 is 1.12 bits per heavy atom. The van der Waals surface area contributed by atoms with Gasteiger partial charge in [0.2, 0.25) is 10.0 Å². The van der Waals surface area contributed by atoms with Gasteiger partial charge in [0, 0.05) is 5.39 Å². The lowest BCUT2D eigenvalue weighted by molar-refractivity contribution is 0.559. The Labute approximate surface area is 143 Å². The molecular formula is C17H15N3O4S. The summed E-state index contributed by atoms with van der Waals surface area (Å²) in [5.74, 6) is 0. The van der Waals surface area contributed by atoms with Gasteiger partial charge in [0.05, 0.1) is 21.9 Å². The van der Waals surface area contributed by atoms with Crippen LogP contribution < -0.4 is 16.2 Å². The molecule has 1 heterocycles.